The average Bonchev–Trinajstić information content (AvgIpc) is 2.12. The highest BCUT2D eigenvalue weighted by atomic mass is 32.1. The SMILES string of the molecule is COCCc1nc(=S)c(C(C)C)c(C)[nH]1. The first-order chi connectivity index (χ1) is 7.06. The summed E-state index contributed by atoms with van der Waals surface area (Å²) in [5.41, 5.74) is 2.27. The van der Waals surface area contributed by atoms with Crippen molar-refractivity contribution >= 4 is 12.2 Å². The Kier molecular flexibility index (Phi) is 4.42. The lowest BCUT2D eigenvalue weighted by molar-refractivity contribution is 0.200. The highest BCUT2D eigenvalue weighted by Crippen LogP contribution is 2.18. The molecule has 0 saturated heterocycles. The second-order valence-corrected chi connectivity index (χ2v) is 4.31. The Labute approximate surface area is 95.9 Å². The van der Waals surface area contributed by atoms with E-state index in [9.17, 15) is 0 Å². The van der Waals surface area contributed by atoms with Crippen LogP contribution in [0.2, 0.25) is 0 Å². The fourth-order valence-corrected chi connectivity index (χ4v) is 2.15. The van der Waals surface area contributed by atoms with Crippen molar-refractivity contribution in [3.8, 4) is 0 Å². The first kappa shape index (κ1) is 12.3. The minimum Gasteiger partial charge on any atom is -0.384 e. The summed E-state index contributed by atoms with van der Waals surface area (Å²) >= 11 is 5.28. The normalized spacial score (nSPS) is 11.0. The number of H-pyrrole nitrogens is 1. The summed E-state index contributed by atoms with van der Waals surface area (Å²) in [6.45, 7) is 6.97. The van der Waals surface area contributed by atoms with Crippen LogP contribution < -0.4 is 0 Å². The zero-order valence-electron chi connectivity index (χ0n) is 9.76. The van der Waals surface area contributed by atoms with E-state index in [-0.39, 0.29) is 0 Å². The topological polar surface area (TPSA) is 37.9 Å². The molecule has 1 aromatic heterocycles. The molecule has 1 N–H and O–H groups in total. The Balaban J connectivity index is 3.03. The van der Waals surface area contributed by atoms with Crippen molar-refractivity contribution in [3.63, 3.8) is 0 Å². The predicted octanol–water partition coefficient (Wildman–Crippen LogP) is 2.76. The second kappa shape index (κ2) is 5.37. The van der Waals surface area contributed by atoms with E-state index in [4.69, 9.17) is 17.0 Å². The van der Waals surface area contributed by atoms with E-state index in [0.717, 1.165) is 23.5 Å². The van der Waals surface area contributed by atoms with Gasteiger partial charge in [-0.3, -0.25) is 0 Å². The Morgan fingerprint density at radius 1 is 1.47 bits per heavy atom. The van der Waals surface area contributed by atoms with Crippen molar-refractivity contribution in [2.24, 2.45) is 0 Å². The van der Waals surface area contributed by atoms with Gasteiger partial charge in [-0.1, -0.05) is 26.1 Å². The van der Waals surface area contributed by atoms with Gasteiger partial charge in [-0.05, 0) is 12.8 Å². The zero-order chi connectivity index (χ0) is 11.4. The van der Waals surface area contributed by atoms with Crippen LogP contribution >= 0.6 is 12.2 Å². The molecule has 1 aromatic rings. The van der Waals surface area contributed by atoms with Gasteiger partial charge in [0.05, 0.1) is 6.61 Å². The van der Waals surface area contributed by atoms with Gasteiger partial charge in [0.1, 0.15) is 10.5 Å². The van der Waals surface area contributed by atoms with E-state index in [1.165, 1.54) is 0 Å². The van der Waals surface area contributed by atoms with Gasteiger partial charge in [0.25, 0.3) is 0 Å². The molecule has 0 aliphatic rings. The lowest BCUT2D eigenvalue weighted by Gasteiger charge is -2.11. The van der Waals surface area contributed by atoms with Crippen LogP contribution in [0.4, 0.5) is 0 Å². The third kappa shape index (κ3) is 3.11. The van der Waals surface area contributed by atoms with Crippen LogP contribution in [0.3, 0.4) is 0 Å². The van der Waals surface area contributed by atoms with E-state index in [1.807, 2.05) is 6.92 Å². The third-order valence-electron chi connectivity index (χ3n) is 2.32. The van der Waals surface area contributed by atoms with Gasteiger partial charge in [-0.2, -0.15) is 0 Å². The van der Waals surface area contributed by atoms with Gasteiger partial charge in [0.2, 0.25) is 0 Å². The number of aromatic amines is 1. The van der Waals surface area contributed by atoms with Crippen molar-refractivity contribution in [3.05, 3.63) is 21.7 Å². The van der Waals surface area contributed by atoms with Crippen LogP contribution in [-0.2, 0) is 11.2 Å². The quantitative estimate of drug-likeness (QED) is 0.802. The van der Waals surface area contributed by atoms with Crippen molar-refractivity contribution in [2.75, 3.05) is 13.7 Å². The Hall–Kier alpha value is -0.740. The summed E-state index contributed by atoms with van der Waals surface area (Å²) in [7, 11) is 1.68. The van der Waals surface area contributed by atoms with Crippen molar-refractivity contribution in [1.29, 1.82) is 0 Å². The number of methoxy groups -OCH3 is 1. The number of hydrogen-bond donors (Lipinski definition) is 1. The van der Waals surface area contributed by atoms with E-state index in [2.05, 4.69) is 23.8 Å². The molecule has 3 nitrogen and oxygen atoms in total. The number of nitrogens with zero attached hydrogens (tertiary/aromatic N) is 1. The van der Waals surface area contributed by atoms with Crippen molar-refractivity contribution in [1.82, 2.24) is 9.97 Å². The molecule has 0 atom stereocenters. The smallest absolute Gasteiger partial charge is 0.133 e. The Morgan fingerprint density at radius 3 is 2.60 bits per heavy atom. The fraction of sp³-hybridized carbons (Fsp3) is 0.636. The molecule has 0 aliphatic carbocycles. The largest absolute Gasteiger partial charge is 0.384 e. The average molecular weight is 226 g/mol. The number of aryl methyl sites for hydroxylation is 1. The van der Waals surface area contributed by atoms with Crippen LogP contribution in [0.1, 0.15) is 36.8 Å². The standard InChI is InChI=1S/C11H18N2OS/c1-7(2)10-8(3)12-9(5-6-14-4)13-11(10)15/h7H,5-6H2,1-4H3,(H,12,13,15). The number of aromatic nitrogens is 2. The summed E-state index contributed by atoms with van der Waals surface area (Å²) in [6.07, 6.45) is 0.777. The molecule has 0 aromatic carbocycles. The molecule has 0 saturated carbocycles. The van der Waals surface area contributed by atoms with Crippen molar-refractivity contribution in [2.45, 2.75) is 33.1 Å². The van der Waals surface area contributed by atoms with Crippen molar-refractivity contribution < 1.29 is 4.74 Å². The lowest BCUT2D eigenvalue weighted by Crippen LogP contribution is -2.06. The van der Waals surface area contributed by atoms with E-state index in [0.29, 0.717) is 17.2 Å². The summed E-state index contributed by atoms with van der Waals surface area (Å²) in [4.78, 5) is 7.65. The highest BCUT2D eigenvalue weighted by molar-refractivity contribution is 7.71. The minimum atomic E-state index is 0.415. The zero-order valence-corrected chi connectivity index (χ0v) is 10.6. The third-order valence-corrected chi connectivity index (χ3v) is 2.63. The van der Waals surface area contributed by atoms with Gasteiger partial charge in [0.15, 0.2) is 0 Å². The maximum atomic E-state index is 5.28. The molecular weight excluding hydrogens is 208 g/mol. The summed E-state index contributed by atoms with van der Waals surface area (Å²) in [5, 5.41) is 0. The number of nitrogens with one attached hydrogen (secondary N) is 1. The summed E-state index contributed by atoms with van der Waals surface area (Å²) in [5.74, 6) is 1.32. The molecule has 0 spiro atoms. The molecule has 0 fully saturated rings. The summed E-state index contributed by atoms with van der Waals surface area (Å²) in [6, 6.07) is 0. The van der Waals surface area contributed by atoms with E-state index in [1.54, 1.807) is 7.11 Å². The molecule has 0 radical (unpaired) electrons. The van der Waals surface area contributed by atoms with Gasteiger partial charge < -0.3 is 9.72 Å². The first-order valence-corrected chi connectivity index (χ1v) is 5.55. The molecule has 1 heterocycles. The van der Waals surface area contributed by atoms with Crippen LogP contribution in [0.25, 0.3) is 0 Å². The molecule has 0 unspecified atom stereocenters. The monoisotopic (exact) mass is 226 g/mol. The second-order valence-electron chi connectivity index (χ2n) is 3.92. The Morgan fingerprint density at radius 2 is 2.13 bits per heavy atom. The lowest BCUT2D eigenvalue weighted by atomic mass is 10.0. The molecule has 0 aliphatic heterocycles. The first-order valence-electron chi connectivity index (χ1n) is 5.15. The molecule has 1 rings (SSSR count). The molecule has 4 heteroatoms. The van der Waals surface area contributed by atoms with Crippen LogP contribution in [-0.4, -0.2) is 23.7 Å². The number of rotatable bonds is 4. The molecule has 84 valence electrons. The molecule has 15 heavy (non-hydrogen) atoms. The van der Waals surface area contributed by atoms with Crippen LogP contribution in [0, 0.1) is 11.6 Å². The van der Waals surface area contributed by atoms with E-state index < -0.39 is 0 Å². The van der Waals surface area contributed by atoms with Crippen LogP contribution in [0.5, 0.6) is 0 Å². The minimum absolute atomic E-state index is 0.415. The van der Waals surface area contributed by atoms with Gasteiger partial charge in [0, 0.05) is 24.8 Å². The maximum absolute atomic E-state index is 5.28. The molecule has 0 amide bonds. The van der Waals surface area contributed by atoms with Gasteiger partial charge in [-0.25, -0.2) is 4.98 Å². The molecule has 0 bridgehead atoms. The van der Waals surface area contributed by atoms with Crippen LogP contribution in [0.15, 0.2) is 0 Å². The van der Waals surface area contributed by atoms with E-state index >= 15 is 0 Å². The maximum Gasteiger partial charge on any atom is 0.133 e. The Bertz CT molecular complexity index is 385. The summed E-state index contributed by atoms with van der Waals surface area (Å²) < 4.78 is 5.72. The van der Waals surface area contributed by atoms with Gasteiger partial charge in [-0.15, -0.1) is 0 Å². The highest BCUT2D eigenvalue weighted by Gasteiger charge is 2.08. The predicted molar refractivity (Wildman–Crippen MR) is 63.8 cm³/mol. The van der Waals surface area contributed by atoms with Gasteiger partial charge >= 0.3 is 0 Å². The number of ether oxygens (including phenoxy) is 1. The number of hydrogen-bond acceptors (Lipinski definition) is 3. The molecular formula is C11H18N2OS. The fourth-order valence-electron chi connectivity index (χ4n) is 1.65.